The smallest absolute Gasteiger partial charge is 0.166 e. The Morgan fingerprint density at radius 1 is 1.05 bits per heavy atom. The van der Waals surface area contributed by atoms with Crippen LogP contribution in [0.1, 0.15) is 43.7 Å². The van der Waals surface area contributed by atoms with Crippen molar-refractivity contribution in [3.63, 3.8) is 0 Å². The van der Waals surface area contributed by atoms with Gasteiger partial charge in [-0.25, -0.2) is 0 Å². The van der Waals surface area contributed by atoms with Gasteiger partial charge in [0.25, 0.3) is 0 Å². The molecule has 0 aliphatic carbocycles. The van der Waals surface area contributed by atoms with Crippen molar-refractivity contribution in [3.8, 4) is 0 Å². The highest BCUT2D eigenvalue weighted by molar-refractivity contribution is 9.16. The first-order valence-electron chi connectivity index (χ1n) is 6.08. The predicted octanol–water partition coefficient (Wildman–Crippen LogP) is 6.74. The molecule has 0 radical (unpaired) electrons. The minimum atomic E-state index is -4.28. The normalized spacial score (nSPS) is 13.4. The summed E-state index contributed by atoms with van der Waals surface area (Å²) in [4.78, 5) is 0. The number of rotatable bonds is 5. The predicted molar refractivity (Wildman–Crippen MR) is 80.4 cm³/mol. The molecule has 0 N–H and O–H groups in total. The van der Waals surface area contributed by atoms with Gasteiger partial charge >= 0.3 is 6.18 Å². The molecule has 0 saturated carbocycles. The van der Waals surface area contributed by atoms with Gasteiger partial charge in [-0.05, 0) is 46.5 Å². The third-order valence-corrected chi connectivity index (χ3v) is 4.97. The van der Waals surface area contributed by atoms with Crippen molar-refractivity contribution in [2.45, 2.75) is 38.8 Å². The van der Waals surface area contributed by atoms with Crippen molar-refractivity contribution in [1.29, 1.82) is 0 Å². The van der Waals surface area contributed by atoms with Gasteiger partial charge in [0.15, 0.2) is 0 Å². The first-order valence-corrected chi connectivity index (χ1v) is 7.66. The Kier molecular flexibility index (Phi) is 6.60. The van der Waals surface area contributed by atoms with Gasteiger partial charge in [-0.2, -0.15) is 13.2 Å². The zero-order chi connectivity index (χ0) is 14.5. The maximum atomic E-state index is 12.5. The fraction of sp³-hybridized carbons (Fsp3) is 0.429. The van der Waals surface area contributed by atoms with Crippen LogP contribution < -0.4 is 0 Å². The topological polar surface area (TPSA) is 0 Å². The quantitative estimate of drug-likeness (QED) is 0.480. The molecule has 1 aromatic carbocycles. The van der Waals surface area contributed by atoms with Crippen LogP contribution in [0.4, 0.5) is 13.2 Å². The molecule has 19 heavy (non-hydrogen) atoms. The van der Waals surface area contributed by atoms with Gasteiger partial charge in [0.1, 0.15) is 0 Å². The highest BCUT2D eigenvalue weighted by Crippen LogP contribution is 2.34. The second-order valence-corrected chi connectivity index (χ2v) is 6.00. The van der Waals surface area contributed by atoms with Crippen LogP contribution in [0.25, 0.3) is 4.48 Å². The Labute approximate surface area is 128 Å². The van der Waals surface area contributed by atoms with Crippen LogP contribution in [0.2, 0.25) is 0 Å². The Balaban J connectivity index is 2.82. The third-order valence-electron chi connectivity index (χ3n) is 2.70. The highest BCUT2D eigenvalue weighted by atomic mass is 79.9. The monoisotopic (exact) mass is 398 g/mol. The molecular weight excluding hydrogens is 385 g/mol. The van der Waals surface area contributed by atoms with Crippen LogP contribution >= 0.6 is 31.9 Å². The third kappa shape index (κ3) is 5.30. The van der Waals surface area contributed by atoms with E-state index in [2.05, 4.69) is 38.8 Å². The fourth-order valence-corrected chi connectivity index (χ4v) is 2.57. The highest BCUT2D eigenvalue weighted by Gasteiger charge is 2.30. The van der Waals surface area contributed by atoms with Crippen LogP contribution in [0, 0.1) is 0 Å². The molecule has 0 amide bonds. The van der Waals surface area contributed by atoms with Crippen molar-refractivity contribution < 1.29 is 13.2 Å². The van der Waals surface area contributed by atoms with Crippen LogP contribution in [0.5, 0.6) is 0 Å². The summed E-state index contributed by atoms with van der Waals surface area (Å²) < 4.78 is 39.2. The molecule has 0 aliphatic rings. The Morgan fingerprint density at radius 3 is 2.11 bits per heavy atom. The van der Waals surface area contributed by atoms with Crippen molar-refractivity contribution in [1.82, 2.24) is 0 Å². The van der Waals surface area contributed by atoms with Gasteiger partial charge < -0.3 is 0 Å². The standard InChI is InChI=1S/C14H15Br2F3/c1-2-3-4-5-12(15)13(16)10-6-8-11(9-7-10)14(17,18)19/h6-9H,2-5H2,1H3/b13-12-. The summed E-state index contributed by atoms with van der Waals surface area (Å²) in [5, 5.41) is 0. The number of benzene rings is 1. The van der Waals surface area contributed by atoms with E-state index in [1.54, 1.807) is 0 Å². The first kappa shape index (κ1) is 16.8. The number of alkyl halides is 3. The molecule has 0 aromatic heterocycles. The molecule has 0 unspecified atom stereocenters. The number of hydrogen-bond donors (Lipinski definition) is 0. The lowest BCUT2D eigenvalue weighted by atomic mass is 10.1. The van der Waals surface area contributed by atoms with Gasteiger partial charge in [0, 0.05) is 8.96 Å². The van der Waals surface area contributed by atoms with E-state index < -0.39 is 11.7 Å². The average Bonchev–Trinajstić information content (AvgIpc) is 2.37. The van der Waals surface area contributed by atoms with Crippen LogP contribution in [-0.2, 0) is 6.18 Å². The van der Waals surface area contributed by atoms with E-state index in [4.69, 9.17) is 0 Å². The molecule has 0 saturated heterocycles. The van der Waals surface area contributed by atoms with E-state index in [1.165, 1.54) is 12.1 Å². The lowest BCUT2D eigenvalue weighted by molar-refractivity contribution is -0.137. The van der Waals surface area contributed by atoms with Gasteiger partial charge in [-0.3, -0.25) is 0 Å². The lowest BCUT2D eigenvalue weighted by Crippen LogP contribution is -2.04. The molecule has 1 aromatic rings. The second-order valence-electron chi connectivity index (χ2n) is 4.25. The van der Waals surface area contributed by atoms with Crippen molar-refractivity contribution in [3.05, 3.63) is 39.9 Å². The maximum Gasteiger partial charge on any atom is 0.416 e. The van der Waals surface area contributed by atoms with Crippen LogP contribution in [0.15, 0.2) is 28.7 Å². The SMILES string of the molecule is CCCCC/C(Br)=C(/Br)c1ccc(C(F)(F)F)cc1. The maximum absolute atomic E-state index is 12.5. The van der Waals surface area contributed by atoms with Gasteiger partial charge in [-0.15, -0.1) is 0 Å². The van der Waals surface area contributed by atoms with E-state index in [0.29, 0.717) is 0 Å². The van der Waals surface area contributed by atoms with E-state index in [0.717, 1.165) is 52.3 Å². The largest absolute Gasteiger partial charge is 0.416 e. The molecule has 0 heterocycles. The Morgan fingerprint density at radius 2 is 1.63 bits per heavy atom. The molecule has 0 spiro atoms. The van der Waals surface area contributed by atoms with E-state index >= 15 is 0 Å². The van der Waals surface area contributed by atoms with Crippen LogP contribution in [-0.4, -0.2) is 0 Å². The van der Waals surface area contributed by atoms with E-state index in [9.17, 15) is 13.2 Å². The van der Waals surface area contributed by atoms with E-state index in [1.807, 2.05) is 0 Å². The molecule has 0 bridgehead atoms. The molecule has 5 heteroatoms. The second kappa shape index (κ2) is 7.48. The summed E-state index contributed by atoms with van der Waals surface area (Å²) in [6.07, 6.45) is -0.0596. The van der Waals surface area contributed by atoms with E-state index in [-0.39, 0.29) is 0 Å². The van der Waals surface area contributed by atoms with Crippen molar-refractivity contribution in [2.24, 2.45) is 0 Å². The lowest BCUT2D eigenvalue weighted by Gasteiger charge is -2.09. The molecule has 0 nitrogen and oxygen atoms in total. The van der Waals surface area contributed by atoms with Crippen molar-refractivity contribution in [2.75, 3.05) is 0 Å². The van der Waals surface area contributed by atoms with Gasteiger partial charge in [0.2, 0.25) is 0 Å². The summed E-state index contributed by atoms with van der Waals surface area (Å²) in [5.74, 6) is 0. The van der Waals surface area contributed by atoms with Gasteiger partial charge in [0.05, 0.1) is 5.56 Å². The summed E-state index contributed by atoms with van der Waals surface area (Å²) >= 11 is 6.91. The summed E-state index contributed by atoms with van der Waals surface area (Å²) in [5.41, 5.74) is 0.120. The Bertz CT molecular complexity index is 433. The molecule has 0 fully saturated rings. The minimum absolute atomic E-state index is 0.626. The molecule has 0 aliphatic heterocycles. The van der Waals surface area contributed by atoms with Crippen LogP contribution in [0.3, 0.4) is 0 Å². The molecule has 0 atom stereocenters. The summed E-state index contributed by atoms with van der Waals surface area (Å²) in [7, 11) is 0. The number of halogens is 5. The number of hydrogen-bond acceptors (Lipinski definition) is 0. The number of unbranched alkanes of at least 4 members (excludes halogenated alkanes) is 2. The molecular formula is C14H15Br2F3. The summed E-state index contributed by atoms with van der Waals surface area (Å²) in [6, 6.07) is 5.16. The zero-order valence-electron chi connectivity index (χ0n) is 10.5. The molecule has 106 valence electrons. The zero-order valence-corrected chi connectivity index (χ0v) is 13.7. The first-order chi connectivity index (χ1) is 8.86. The minimum Gasteiger partial charge on any atom is -0.166 e. The number of allylic oxidation sites excluding steroid dienone is 1. The Hall–Kier alpha value is -0.290. The molecule has 1 rings (SSSR count). The van der Waals surface area contributed by atoms with Gasteiger partial charge in [-0.1, -0.05) is 47.8 Å². The fourth-order valence-electron chi connectivity index (χ4n) is 1.60. The summed E-state index contributed by atoms with van der Waals surface area (Å²) in [6.45, 7) is 2.13. The van der Waals surface area contributed by atoms with Crippen molar-refractivity contribution >= 4 is 36.3 Å². The average molecular weight is 400 g/mol.